The summed E-state index contributed by atoms with van der Waals surface area (Å²) in [6.07, 6.45) is 6.74. The van der Waals surface area contributed by atoms with Gasteiger partial charge in [0, 0.05) is 37.9 Å². The largest absolute Gasteiger partial charge is 0.272 e. The number of hydrogen-bond acceptors (Lipinski definition) is 4. The number of nitrogens with zero attached hydrogens (tertiary/aromatic N) is 4. The van der Waals surface area contributed by atoms with Gasteiger partial charge in [0.25, 0.3) is 0 Å². The number of pyridine rings is 1. The first kappa shape index (κ1) is 14.7. The third kappa shape index (κ3) is 3.43. The lowest BCUT2D eigenvalue weighted by Crippen LogP contribution is -2.33. The molecular weight excluding hydrogens is 276 g/mol. The standard InChI is InChI=1S/C13H18N4O2S/c1-12(13-5-3-6-14-11-13)16(2)20(18,19)10-9-17-8-4-7-15-17/h3-8,11-12H,9-10H2,1-2H3. The molecule has 0 N–H and O–H groups in total. The van der Waals surface area contributed by atoms with E-state index >= 15 is 0 Å². The second-order valence-corrected chi connectivity index (χ2v) is 6.71. The van der Waals surface area contributed by atoms with Crippen LogP contribution in [-0.4, -0.2) is 40.3 Å². The van der Waals surface area contributed by atoms with Crippen molar-refractivity contribution in [1.82, 2.24) is 19.1 Å². The summed E-state index contributed by atoms with van der Waals surface area (Å²) in [7, 11) is -1.75. The van der Waals surface area contributed by atoms with Gasteiger partial charge in [-0.2, -0.15) is 9.40 Å². The highest BCUT2D eigenvalue weighted by Gasteiger charge is 2.24. The second kappa shape index (κ2) is 6.15. The minimum absolute atomic E-state index is 0.0236. The van der Waals surface area contributed by atoms with Gasteiger partial charge in [-0.15, -0.1) is 0 Å². The van der Waals surface area contributed by atoms with E-state index in [0.29, 0.717) is 6.54 Å². The molecule has 2 rings (SSSR count). The van der Waals surface area contributed by atoms with Crippen molar-refractivity contribution in [1.29, 1.82) is 0 Å². The van der Waals surface area contributed by atoms with Crippen molar-refractivity contribution in [2.24, 2.45) is 0 Å². The first-order chi connectivity index (χ1) is 9.50. The number of sulfonamides is 1. The Hall–Kier alpha value is -1.73. The molecule has 0 fully saturated rings. The van der Waals surface area contributed by atoms with Gasteiger partial charge >= 0.3 is 0 Å². The van der Waals surface area contributed by atoms with Crippen LogP contribution in [0.2, 0.25) is 0 Å². The Morgan fingerprint density at radius 1 is 1.35 bits per heavy atom. The monoisotopic (exact) mass is 294 g/mol. The number of rotatable bonds is 6. The molecule has 0 aliphatic heterocycles. The Bertz CT molecular complexity index is 626. The van der Waals surface area contributed by atoms with E-state index < -0.39 is 10.0 Å². The molecule has 0 aromatic carbocycles. The van der Waals surface area contributed by atoms with E-state index in [1.54, 1.807) is 48.6 Å². The molecule has 1 atom stereocenters. The minimum atomic E-state index is -3.34. The zero-order valence-electron chi connectivity index (χ0n) is 11.5. The summed E-state index contributed by atoms with van der Waals surface area (Å²) in [6.45, 7) is 2.20. The highest BCUT2D eigenvalue weighted by atomic mass is 32.2. The van der Waals surface area contributed by atoms with E-state index in [1.165, 1.54) is 4.31 Å². The van der Waals surface area contributed by atoms with Gasteiger partial charge in [-0.05, 0) is 24.6 Å². The molecule has 0 aliphatic carbocycles. The maximum atomic E-state index is 12.3. The molecule has 0 saturated heterocycles. The van der Waals surface area contributed by atoms with Crippen LogP contribution in [0.4, 0.5) is 0 Å². The van der Waals surface area contributed by atoms with E-state index in [1.807, 2.05) is 13.0 Å². The van der Waals surface area contributed by atoms with Crippen LogP contribution in [0.15, 0.2) is 43.0 Å². The fourth-order valence-corrected chi connectivity index (χ4v) is 3.17. The van der Waals surface area contributed by atoms with Crippen molar-refractivity contribution in [3.63, 3.8) is 0 Å². The van der Waals surface area contributed by atoms with E-state index in [9.17, 15) is 8.42 Å². The Morgan fingerprint density at radius 3 is 2.75 bits per heavy atom. The van der Waals surface area contributed by atoms with E-state index in [-0.39, 0.29) is 11.8 Å². The first-order valence-corrected chi connectivity index (χ1v) is 7.94. The van der Waals surface area contributed by atoms with E-state index in [0.717, 1.165) is 5.56 Å². The van der Waals surface area contributed by atoms with E-state index in [2.05, 4.69) is 10.1 Å². The van der Waals surface area contributed by atoms with Crippen molar-refractivity contribution < 1.29 is 8.42 Å². The zero-order chi connectivity index (χ0) is 14.6. The molecule has 0 amide bonds. The normalized spacial score (nSPS) is 13.6. The van der Waals surface area contributed by atoms with Gasteiger partial charge in [0.05, 0.1) is 12.3 Å². The smallest absolute Gasteiger partial charge is 0.216 e. The van der Waals surface area contributed by atoms with Crippen molar-refractivity contribution >= 4 is 10.0 Å². The van der Waals surface area contributed by atoms with Gasteiger partial charge < -0.3 is 0 Å². The highest BCUT2D eigenvalue weighted by Crippen LogP contribution is 2.20. The zero-order valence-corrected chi connectivity index (χ0v) is 12.4. The Kier molecular flexibility index (Phi) is 4.51. The van der Waals surface area contributed by atoms with Crippen LogP contribution in [0.25, 0.3) is 0 Å². The van der Waals surface area contributed by atoms with E-state index in [4.69, 9.17) is 0 Å². The van der Waals surface area contributed by atoms with Crippen LogP contribution < -0.4 is 0 Å². The van der Waals surface area contributed by atoms with Gasteiger partial charge in [-0.3, -0.25) is 9.67 Å². The summed E-state index contributed by atoms with van der Waals surface area (Å²) < 4.78 is 27.6. The molecular formula is C13H18N4O2S. The van der Waals surface area contributed by atoms with Crippen molar-refractivity contribution in [2.45, 2.75) is 19.5 Å². The van der Waals surface area contributed by atoms with Gasteiger partial charge in [0.1, 0.15) is 0 Å². The summed E-state index contributed by atoms with van der Waals surface area (Å²) in [5, 5.41) is 4.01. The first-order valence-electron chi connectivity index (χ1n) is 6.34. The average molecular weight is 294 g/mol. The Labute approximate surface area is 119 Å². The molecule has 7 heteroatoms. The molecule has 2 aromatic heterocycles. The predicted octanol–water partition coefficient (Wildman–Crippen LogP) is 1.30. The summed E-state index contributed by atoms with van der Waals surface area (Å²) >= 11 is 0. The molecule has 1 unspecified atom stereocenters. The van der Waals surface area contributed by atoms with Gasteiger partial charge in [-0.25, -0.2) is 8.42 Å². The Balaban J connectivity index is 2.05. The lowest BCUT2D eigenvalue weighted by Gasteiger charge is -2.24. The molecule has 20 heavy (non-hydrogen) atoms. The number of aryl methyl sites for hydroxylation is 1. The molecule has 0 aliphatic rings. The second-order valence-electron chi connectivity index (χ2n) is 4.56. The topological polar surface area (TPSA) is 68.1 Å². The van der Waals surface area contributed by atoms with Crippen LogP contribution in [0.3, 0.4) is 0 Å². The number of aromatic nitrogens is 3. The SMILES string of the molecule is CC(c1cccnc1)N(C)S(=O)(=O)CCn1cccn1. The number of hydrogen-bond donors (Lipinski definition) is 0. The van der Waals surface area contributed by atoms with Crippen LogP contribution >= 0.6 is 0 Å². The summed E-state index contributed by atoms with van der Waals surface area (Å²) in [5.41, 5.74) is 0.873. The lowest BCUT2D eigenvalue weighted by atomic mass is 10.1. The van der Waals surface area contributed by atoms with Crippen LogP contribution in [-0.2, 0) is 16.6 Å². The van der Waals surface area contributed by atoms with Gasteiger partial charge in [-0.1, -0.05) is 6.07 Å². The molecule has 0 bridgehead atoms. The van der Waals surface area contributed by atoms with Crippen molar-refractivity contribution in [3.8, 4) is 0 Å². The molecule has 6 nitrogen and oxygen atoms in total. The average Bonchev–Trinajstić information content (AvgIpc) is 2.98. The quantitative estimate of drug-likeness (QED) is 0.805. The third-order valence-electron chi connectivity index (χ3n) is 3.29. The lowest BCUT2D eigenvalue weighted by molar-refractivity contribution is 0.395. The molecule has 0 radical (unpaired) electrons. The van der Waals surface area contributed by atoms with Crippen LogP contribution in [0.5, 0.6) is 0 Å². The molecule has 0 saturated carbocycles. The third-order valence-corrected chi connectivity index (χ3v) is 5.18. The maximum Gasteiger partial charge on any atom is 0.216 e. The Morgan fingerprint density at radius 2 is 2.15 bits per heavy atom. The van der Waals surface area contributed by atoms with Gasteiger partial charge in [0.15, 0.2) is 0 Å². The fourth-order valence-electron chi connectivity index (χ4n) is 1.86. The van der Waals surface area contributed by atoms with Gasteiger partial charge in [0.2, 0.25) is 10.0 Å². The summed E-state index contributed by atoms with van der Waals surface area (Å²) in [4.78, 5) is 4.02. The van der Waals surface area contributed by atoms with Crippen molar-refractivity contribution in [3.05, 3.63) is 48.5 Å². The molecule has 2 aromatic rings. The predicted molar refractivity (Wildman–Crippen MR) is 76.4 cm³/mol. The highest BCUT2D eigenvalue weighted by molar-refractivity contribution is 7.89. The molecule has 108 valence electrons. The van der Waals surface area contributed by atoms with Crippen LogP contribution in [0.1, 0.15) is 18.5 Å². The van der Waals surface area contributed by atoms with Crippen molar-refractivity contribution in [2.75, 3.05) is 12.8 Å². The maximum absolute atomic E-state index is 12.3. The summed E-state index contributed by atoms with van der Waals surface area (Å²) in [5.74, 6) is 0.0236. The minimum Gasteiger partial charge on any atom is -0.272 e. The fraction of sp³-hybridized carbons (Fsp3) is 0.385. The molecule has 2 heterocycles. The summed E-state index contributed by atoms with van der Waals surface area (Å²) in [6, 6.07) is 5.20. The van der Waals surface area contributed by atoms with Crippen LogP contribution in [0, 0.1) is 0 Å². The molecule has 0 spiro atoms.